The van der Waals surface area contributed by atoms with Crippen LogP contribution in [0.5, 0.6) is 6.01 Å². The van der Waals surface area contributed by atoms with E-state index in [4.69, 9.17) is 9.47 Å². The zero-order valence-electron chi connectivity index (χ0n) is 13.8. The predicted molar refractivity (Wildman–Crippen MR) is 93.9 cm³/mol. The van der Waals surface area contributed by atoms with Gasteiger partial charge < -0.3 is 19.7 Å². The number of piperazine rings is 1. The highest BCUT2D eigenvalue weighted by Crippen LogP contribution is 2.33. The molecule has 1 saturated heterocycles. The lowest BCUT2D eigenvalue weighted by Gasteiger charge is -2.28. The first-order chi connectivity index (χ1) is 11.3. The fourth-order valence-electron chi connectivity index (χ4n) is 2.63. The molecule has 0 saturated carbocycles. The Bertz CT molecular complexity index is 640. The molecule has 2 aromatic rings. The molecule has 2 aromatic heterocycles. The Morgan fingerprint density at radius 1 is 1.22 bits per heavy atom. The monoisotopic (exact) mass is 336 g/mol. The molecule has 0 aliphatic carbocycles. The molecule has 23 heavy (non-hydrogen) atoms. The third-order valence-corrected chi connectivity index (χ3v) is 5.00. The van der Waals surface area contributed by atoms with Gasteiger partial charge in [-0.05, 0) is 19.4 Å². The lowest BCUT2D eigenvalue weighted by Crippen LogP contribution is -2.44. The Morgan fingerprint density at radius 2 is 2.04 bits per heavy atom. The number of aromatic nitrogens is 2. The topological polar surface area (TPSA) is 59.5 Å². The number of rotatable bonds is 7. The summed E-state index contributed by atoms with van der Waals surface area (Å²) in [6.07, 6.45) is 1.02. The molecule has 0 amide bonds. The van der Waals surface area contributed by atoms with Gasteiger partial charge in [-0.25, -0.2) is 0 Å². The van der Waals surface area contributed by atoms with Crippen molar-refractivity contribution in [2.24, 2.45) is 0 Å². The van der Waals surface area contributed by atoms with Crippen molar-refractivity contribution in [3.63, 3.8) is 0 Å². The Morgan fingerprint density at radius 3 is 2.78 bits per heavy atom. The SMILES string of the molecule is CCOCCOc1nc(N2CCNCC2)c2cc(CC)sc2n1. The Kier molecular flexibility index (Phi) is 5.64. The summed E-state index contributed by atoms with van der Waals surface area (Å²) >= 11 is 1.73. The maximum absolute atomic E-state index is 5.71. The summed E-state index contributed by atoms with van der Waals surface area (Å²) in [5, 5.41) is 4.53. The first-order valence-corrected chi connectivity index (χ1v) is 9.10. The first-order valence-electron chi connectivity index (χ1n) is 8.28. The number of anilines is 1. The van der Waals surface area contributed by atoms with Crippen LogP contribution >= 0.6 is 11.3 Å². The number of hydrogen-bond donors (Lipinski definition) is 1. The van der Waals surface area contributed by atoms with Crippen molar-refractivity contribution >= 4 is 27.4 Å². The lowest BCUT2D eigenvalue weighted by atomic mass is 10.2. The summed E-state index contributed by atoms with van der Waals surface area (Å²) in [5.41, 5.74) is 0. The van der Waals surface area contributed by atoms with Crippen LogP contribution < -0.4 is 15.0 Å². The van der Waals surface area contributed by atoms with Gasteiger partial charge in [0.15, 0.2) is 0 Å². The first kappa shape index (κ1) is 16.4. The maximum atomic E-state index is 5.71. The van der Waals surface area contributed by atoms with Crippen molar-refractivity contribution in [1.82, 2.24) is 15.3 Å². The summed E-state index contributed by atoms with van der Waals surface area (Å²) in [6.45, 7) is 9.76. The molecule has 126 valence electrons. The molecule has 3 rings (SSSR count). The molecule has 7 heteroatoms. The van der Waals surface area contributed by atoms with Gasteiger partial charge in [-0.2, -0.15) is 9.97 Å². The number of nitrogens with zero attached hydrogens (tertiary/aromatic N) is 3. The number of hydrogen-bond acceptors (Lipinski definition) is 7. The average molecular weight is 336 g/mol. The van der Waals surface area contributed by atoms with E-state index in [2.05, 4.69) is 33.2 Å². The minimum absolute atomic E-state index is 0.454. The van der Waals surface area contributed by atoms with Gasteiger partial charge in [0.2, 0.25) is 0 Å². The fourth-order valence-corrected chi connectivity index (χ4v) is 3.58. The van der Waals surface area contributed by atoms with Crippen LogP contribution in [-0.4, -0.2) is 56.0 Å². The van der Waals surface area contributed by atoms with E-state index < -0.39 is 0 Å². The van der Waals surface area contributed by atoms with Crippen LogP contribution in [0.25, 0.3) is 10.2 Å². The molecule has 6 nitrogen and oxygen atoms in total. The van der Waals surface area contributed by atoms with Gasteiger partial charge in [0.25, 0.3) is 0 Å². The van der Waals surface area contributed by atoms with Crippen molar-refractivity contribution in [2.75, 3.05) is 50.9 Å². The molecule has 1 N–H and O–H groups in total. The molecule has 3 heterocycles. The fraction of sp³-hybridized carbons (Fsp3) is 0.625. The summed E-state index contributed by atoms with van der Waals surface area (Å²) in [5.74, 6) is 0.999. The minimum Gasteiger partial charge on any atom is -0.461 e. The number of nitrogens with one attached hydrogen (secondary N) is 1. The second-order valence-electron chi connectivity index (χ2n) is 5.40. The molecule has 0 unspecified atom stereocenters. The molecular weight excluding hydrogens is 312 g/mol. The molecule has 0 radical (unpaired) electrons. The van der Waals surface area contributed by atoms with Gasteiger partial charge >= 0.3 is 6.01 Å². The van der Waals surface area contributed by atoms with Crippen molar-refractivity contribution in [3.05, 3.63) is 10.9 Å². The molecule has 0 atom stereocenters. The van der Waals surface area contributed by atoms with Crippen LogP contribution in [0, 0.1) is 0 Å². The molecule has 0 aromatic carbocycles. The normalized spacial score (nSPS) is 15.3. The summed E-state index contributed by atoms with van der Waals surface area (Å²) < 4.78 is 11.0. The number of aryl methyl sites for hydroxylation is 1. The van der Waals surface area contributed by atoms with Gasteiger partial charge in [0.1, 0.15) is 17.3 Å². The molecular formula is C16H24N4O2S. The van der Waals surface area contributed by atoms with E-state index >= 15 is 0 Å². The van der Waals surface area contributed by atoms with Gasteiger partial charge in [-0.1, -0.05) is 6.92 Å². The van der Waals surface area contributed by atoms with Crippen molar-refractivity contribution < 1.29 is 9.47 Å². The average Bonchev–Trinajstić information content (AvgIpc) is 3.02. The predicted octanol–water partition coefficient (Wildman–Crippen LogP) is 2.08. The van der Waals surface area contributed by atoms with Gasteiger partial charge in [0, 0.05) is 37.7 Å². The van der Waals surface area contributed by atoms with E-state index in [-0.39, 0.29) is 0 Å². The highest BCUT2D eigenvalue weighted by molar-refractivity contribution is 7.18. The number of fused-ring (bicyclic) bond motifs is 1. The summed E-state index contributed by atoms with van der Waals surface area (Å²) in [4.78, 5) is 13.9. The van der Waals surface area contributed by atoms with Crippen molar-refractivity contribution in [3.8, 4) is 6.01 Å². The maximum Gasteiger partial charge on any atom is 0.319 e. The van der Waals surface area contributed by atoms with Crippen LogP contribution in [0.15, 0.2) is 6.07 Å². The summed E-state index contributed by atoms with van der Waals surface area (Å²) in [7, 11) is 0. The van der Waals surface area contributed by atoms with Crippen LogP contribution in [-0.2, 0) is 11.2 Å². The van der Waals surface area contributed by atoms with E-state index in [0.29, 0.717) is 25.8 Å². The standard InChI is InChI=1S/C16H24N4O2S/c1-3-12-11-13-14(20-7-5-17-6-8-20)18-16(19-15(13)23-12)22-10-9-21-4-2/h11,17H,3-10H2,1-2H3. The van der Waals surface area contributed by atoms with Crippen LogP contribution in [0.4, 0.5) is 5.82 Å². The quantitative estimate of drug-likeness (QED) is 0.781. The zero-order valence-corrected chi connectivity index (χ0v) is 14.6. The largest absolute Gasteiger partial charge is 0.461 e. The zero-order chi connectivity index (χ0) is 16.1. The number of thiophene rings is 1. The van der Waals surface area contributed by atoms with E-state index in [0.717, 1.165) is 48.6 Å². The Balaban J connectivity index is 1.88. The third kappa shape index (κ3) is 3.91. The molecule has 0 bridgehead atoms. The van der Waals surface area contributed by atoms with Gasteiger partial charge in [-0.3, -0.25) is 0 Å². The van der Waals surface area contributed by atoms with E-state index in [1.54, 1.807) is 11.3 Å². The number of ether oxygens (including phenoxy) is 2. The highest BCUT2D eigenvalue weighted by Gasteiger charge is 2.19. The van der Waals surface area contributed by atoms with Crippen LogP contribution in [0.3, 0.4) is 0 Å². The second kappa shape index (κ2) is 7.90. The molecule has 1 aliphatic rings. The smallest absolute Gasteiger partial charge is 0.319 e. The molecule has 0 spiro atoms. The van der Waals surface area contributed by atoms with Crippen molar-refractivity contribution in [2.45, 2.75) is 20.3 Å². The van der Waals surface area contributed by atoms with Crippen LogP contribution in [0.1, 0.15) is 18.7 Å². The van der Waals surface area contributed by atoms with E-state index in [9.17, 15) is 0 Å². The second-order valence-corrected chi connectivity index (χ2v) is 6.51. The highest BCUT2D eigenvalue weighted by atomic mass is 32.1. The van der Waals surface area contributed by atoms with Crippen LogP contribution in [0.2, 0.25) is 0 Å². The Hall–Kier alpha value is -1.44. The lowest BCUT2D eigenvalue weighted by molar-refractivity contribution is 0.106. The molecule has 1 aliphatic heterocycles. The summed E-state index contributed by atoms with van der Waals surface area (Å²) in [6, 6.07) is 2.68. The molecule has 1 fully saturated rings. The Labute approximate surface area is 140 Å². The van der Waals surface area contributed by atoms with Gasteiger partial charge in [-0.15, -0.1) is 11.3 Å². The van der Waals surface area contributed by atoms with Gasteiger partial charge in [0.05, 0.1) is 12.0 Å². The third-order valence-electron chi connectivity index (χ3n) is 3.83. The van der Waals surface area contributed by atoms with E-state index in [1.807, 2.05) is 6.92 Å². The van der Waals surface area contributed by atoms with Crippen molar-refractivity contribution in [1.29, 1.82) is 0 Å². The van der Waals surface area contributed by atoms with E-state index in [1.165, 1.54) is 4.88 Å². The minimum atomic E-state index is 0.454.